The van der Waals surface area contributed by atoms with Crippen molar-refractivity contribution < 1.29 is 9.90 Å². The highest BCUT2D eigenvalue weighted by atomic mass is 16.4. The highest BCUT2D eigenvalue weighted by molar-refractivity contribution is 6.01. The van der Waals surface area contributed by atoms with Gasteiger partial charge in [0.05, 0.1) is 5.39 Å². The Kier molecular flexibility index (Phi) is 3.50. The fourth-order valence-corrected chi connectivity index (χ4v) is 2.59. The molecule has 112 valence electrons. The first-order valence-corrected chi connectivity index (χ1v) is 7.00. The summed E-state index contributed by atoms with van der Waals surface area (Å²) in [5, 5.41) is 9.75. The summed E-state index contributed by atoms with van der Waals surface area (Å²) in [6, 6.07) is 8.09. The first-order chi connectivity index (χ1) is 10.6. The lowest BCUT2D eigenvalue weighted by Gasteiger charge is -2.03. The lowest BCUT2D eigenvalue weighted by molar-refractivity contribution is -0.137. The molecule has 2 heterocycles. The second kappa shape index (κ2) is 5.48. The molecule has 3 aromatic rings. The Labute approximate surface area is 127 Å². The average molecular weight is 296 g/mol. The molecule has 0 bridgehead atoms. The molecule has 0 fully saturated rings. The SMILES string of the molecule is CCc1cccc(-c2cn(CC(=O)O)c3ncnc(N)c23)c1. The van der Waals surface area contributed by atoms with E-state index in [1.807, 2.05) is 12.1 Å². The molecule has 0 aliphatic carbocycles. The van der Waals surface area contributed by atoms with Crippen LogP contribution in [-0.2, 0) is 17.8 Å². The van der Waals surface area contributed by atoms with Crippen molar-refractivity contribution in [3.63, 3.8) is 0 Å². The zero-order chi connectivity index (χ0) is 15.7. The minimum atomic E-state index is -0.928. The van der Waals surface area contributed by atoms with Gasteiger partial charge in [0.2, 0.25) is 0 Å². The third-order valence-corrected chi connectivity index (χ3v) is 3.63. The van der Waals surface area contributed by atoms with E-state index in [-0.39, 0.29) is 6.54 Å². The Bertz CT molecular complexity index is 854. The normalized spacial score (nSPS) is 11.0. The Hall–Kier alpha value is -2.89. The number of hydrogen-bond donors (Lipinski definition) is 2. The third kappa shape index (κ3) is 2.39. The molecular formula is C16H16N4O2. The smallest absolute Gasteiger partial charge is 0.323 e. The molecule has 2 aromatic heterocycles. The number of carboxylic acid groups (broad SMARTS) is 1. The van der Waals surface area contributed by atoms with Crippen molar-refractivity contribution in [1.29, 1.82) is 0 Å². The van der Waals surface area contributed by atoms with E-state index >= 15 is 0 Å². The molecular weight excluding hydrogens is 280 g/mol. The highest BCUT2D eigenvalue weighted by Gasteiger charge is 2.16. The topological polar surface area (TPSA) is 94.0 Å². The fraction of sp³-hybridized carbons (Fsp3) is 0.188. The van der Waals surface area contributed by atoms with Gasteiger partial charge in [0.15, 0.2) is 0 Å². The van der Waals surface area contributed by atoms with E-state index in [4.69, 9.17) is 10.8 Å². The fourth-order valence-electron chi connectivity index (χ4n) is 2.59. The summed E-state index contributed by atoms with van der Waals surface area (Å²) in [5.74, 6) is -0.575. The molecule has 0 amide bonds. The van der Waals surface area contributed by atoms with E-state index < -0.39 is 5.97 Å². The van der Waals surface area contributed by atoms with Crippen LogP contribution in [0, 0.1) is 0 Å². The molecule has 1 aromatic carbocycles. The quantitative estimate of drug-likeness (QED) is 0.770. The lowest BCUT2D eigenvalue weighted by atomic mass is 10.0. The van der Waals surface area contributed by atoms with Crippen LogP contribution < -0.4 is 5.73 Å². The summed E-state index contributed by atoms with van der Waals surface area (Å²) in [6.45, 7) is 1.92. The van der Waals surface area contributed by atoms with Gasteiger partial charge < -0.3 is 15.4 Å². The van der Waals surface area contributed by atoms with Crippen molar-refractivity contribution in [3.8, 4) is 11.1 Å². The Morgan fingerprint density at radius 2 is 2.18 bits per heavy atom. The van der Waals surface area contributed by atoms with Crippen LogP contribution in [0.15, 0.2) is 36.8 Å². The number of nitrogens with zero attached hydrogens (tertiary/aromatic N) is 3. The van der Waals surface area contributed by atoms with Crippen LogP contribution in [0.25, 0.3) is 22.2 Å². The number of rotatable bonds is 4. The molecule has 0 atom stereocenters. The number of nitrogens with two attached hydrogens (primary N) is 1. The number of aromatic nitrogens is 3. The summed E-state index contributed by atoms with van der Waals surface area (Å²) < 4.78 is 1.59. The Balaban J connectivity index is 2.26. The summed E-state index contributed by atoms with van der Waals surface area (Å²) in [5.41, 5.74) is 9.57. The molecule has 0 aliphatic rings. The van der Waals surface area contributed by atoms with Gasteiger partial charge in [-0.2, -0.15) is 0 Å². The summed E-state index contributed by atoms with van der Waals surface area (Å²) in [6.07, 6.45) is 4.05. The summed E-state index contributed by atoms with van der Waals surface area (Å²) in [7, 11) is 0. The van der Waals surface area contributed by atoms with Crippen molar-refractivity contribution in [2.75, 3.05) is 5.73 Å². The third-order valence-electron chi connectivity index (χ3n) is 3.63. The second-order valence-corrected chi connectivity index (χ2v) is 5.08. The van der Waals surface area contributed by atoms with Gasteiger partial charge in [0, 0.05) is 11.8 Å². The van der Waals surface area contributed by atoms with E-state index in [9.17, 15) is 4.79 Å². The standard InChI is InChI=1S/C16H16N4O2/c1-2-10-4-3-5-11(6-10)12-7-20(8-13(21)22)16-14(12)15(17)18-9-19-16/h3-7,9H,2,8H2,1H3,(H,21,22)(H2,17,18,19). The number of benzene rings is 1. The first-order valence-electron chi connectivity index (χ1n) is 7.00. The molecule has 0 saturated carbocycles. The van der Waals surface area contributed by atoms with Crippen LogP contribution in [-0.4, -0.2) is 25.6 Å². The predicted octanol–water partition coefficient (Wildman–Crippen LogP) is 2.33. The molecule has 3 N–H and O–H groups in total. The van der Waals surface area contributed by atoms with E-state index in [0.717, 1.165) is 17.5 Å². The van der Waals surface area contributed by atoms with Crippen LogP contribution in [0.4, 0.5) is 5.82 Å². The van der Waals surface area contributed by atoms with Gasteiger partial charge in [-0.25, -0.2) is 9.97 Å². The molecule has 22 heavy (non-hydrogen) atoms. The Morgan fingerprint density at radius 1 is 1.36 bits per heavy atom. The van der Waals surface area contributed by atoms with E-state index in [2.05, 4.69) is 29.0 Å². The second-order valence-electron chi connectivity index (χ2n) is 5.08. The maximum atomic E-state index is 11.0. The minimum absolute atomic E-state index is 0.166. The van der Waals surface area contributed by atoms with E-state index in [0.29, 0.717) is 16.9 Å². The lowest BCUT2D eigenvalue weighted by Crippen LogP contribution is -2.08. The van der Waals surface area contributed by atoms with Crippen LogP contribution in [0.2, 0.25) is 0 Å². The maximum absolute atomic E-state index is 11.0. The molecule has 3 rings (SSSR count). The van der Waals surface area contributed by atoms with Crippen LogP contribution >= 0.6 is 0 Å². The summed E-state index contributed by atoms with van der Waals surface area (Å²) >= 11 is 0. The van der Waals surface area contributed by atoms with Crippen LogP contribution in [0.3, 0.4) is 0 Å². The Morgan fingerprint density at radius 3 is 2.91 bits per heavy atom. The molecule has 0 radical (unpaired) electrons. The summed E-state index contributed by atoms with van der Waals surface area (Å²) in [4.78, 5) is 19.3. The number of aryl methyl sites for hydroxylation is 1. The molecule has 0 spiro atoms. The van der Waals surface area contributed by atoms with Crippen LogP contribution in [0.1, 0.15) is 12.5 Å². The van der Waals surface area contributed by atoms with Gasteiger partial charge in [-0.3, -0.25) is 4.79 Å². The number of hydrogen-bond acceptors (Lipinski definition) is 4. The largest absolute Gasteiger partial charge is 0.480 e. The van der Waals surface area contributed by atoms with Crippen molar-refractivity contribution in [2.45, 2.75) is 19.9 Å². The zero-order valence-corrected chi connectivity index (χ0v) is 12.2. The monoisotopic (exact) mass is 296 g/mol. The van der Waals surface area contributed by atoms with Gasteiger partial charge in [0.25, 0.3) is 0 Å². The molecule has 6 heteroatoms. The zero-order valence-electron chi connectivity index (χ0n) is 12.2. The minimum Gasteiger partial charge on any atom is -0.480 e. The van der Waals surface area contributed by atoms with Gasteiger partial charge in [-0.05, 0) is 17.5 Å². The van der Waals surface area contributed by atoms with Crippen molar-refractivity contribution in [2.24, 2.45) is 0 Å². The van der Waals surface area contributed by atoms with Gasteiger partial charge in [-0.15, -0.1) is 0 Å². The number of carboxylic acids is 1. The molecule has 0 saturated heterocycles. The average Bonchev–Trinajstić information content (AvgIpc) is 2.87. The maximum Gasteiger partial charge on any atom is 0.323 e. The number of carbonyl (C=O) groups is 1. The first kappa shape index (κ1) is 14.1. The number of anilines is 1. The van der Waals surface area contributed by atoms with E-state index in [1.165, 1.54) is 11.9 Å². The molecule has 0 aliphatic heterocycles. The number of aliphatic carboxylic acids is 1. The number of fused-ring (bicyclic) bond motifs is 1. The van der Waals surface area contributed by atoms with Gasteiger partial charge in [-0.1, -0.05) is 31.2 Å². The van der Waals surface area contributed by atoms with Crippen molar-refractivity contribution in [1.82, 2.24) is 14.5 Å². The van der Waals surface area contributed by atoms with Gasteiger partial charge in [0.1, 0.15) is 24.3 Å². The number of nitrogen functional groups attached to an aromatic ring is 1. The van der Waals surface area contributed by atoms with Crippen LogP contribution in [0.5, 0.6) is 0 Å². The van der Waals surface area contributed by atoms with Gasteiger partial charge >= 0.3 is 5.97 Å². The van der Waals surface area contributed by atoms with E-state index in [1.54, 1.807) is 10.8 Å². The predicted molar refractivity (Wildman–Crippen MR) is 84.4 cm³/mol. The highest BCUT2D eigenvalue weighted by Crippen LogP contribution is 2.32. The molecule has 6 nitrogen and oxygen atoms in total. The molecule has 0 unspecified atom stereocenters. The van der Waals surface area contributed by atoms with Crippen molar-refractivity contribution in [3.05, 3.63) is 42.4 Å². The van der Waals surface area contributed by atoms with Crippen molar-refractivity contribution >= 4 is 22.8 Å².